The molecule has 2 atom stereocenters. The van der Waals surface area contributed by atoms with Crippen molar-refractivity contribution in [2.24, 2.45) is 5.41 Å². The minimum Gasteiger partial charge on any atom is -0.497 e. The van der Waals surface area contributed by atoms with Gasteiger partial charge in [-0.2, -0.15) is 5.26 Å². The Morgan fingerprint density at radius 1 is 1.14 bits per heavy atom. The van der Waals surface area contributed by atoms with E-state index in [1.54, 1.807) is 14.0 Å². The first-order valence-corrected chi connectivity index (χ1v) is 9.44. The number of anilines is 1. The van der Waals surface area contributed by atoms with Crippen LogP contribution < -0.4 is 10.1 Å². The van der Waals surface area contributed by atoms with E-state index in [1.807, 2.05) is 68.4 Å². The molecule has 148 valence electrons. The molecule has 0 radical (unpaired) electrons. The lowest BCUT2D eigenvalue weighted by atomic mass is 9.72. The Labute approximate surface area is 167 Å². The molecule has 0 aromatic heterocycles. The van der Waals surface area contributed by atoms with Gasteiger partial charge < -0.3 is 14.8 Å². The molecule has 0 fully saturated rings. The van der Waals surface area contributed by atoms with Crippen molar-refractivity contribution in [1.29, 1.82) is 5.26 Å². The van der Waals surface area contributed by atoms with Gasteiger partial charge in [-0.1, -0.05) is 30.3 Å². The molecule has 1 N–H and O–H groups in total. The highest BCUT2D eigenvalue weighted by Gasteiger charge is 2.40. The number of esters is 1. The number of nitrogens with zero attached hydrogens (tertiary/aromatic N) is 1. The SMILES string of the molecule is CCOC(=O)C(C)(C)C(CC(C#N)Nc1ccc(OC)cc1)c1ccccc1. The number of nitriles is 1. The molecule has 0 spiro atoms. The Kier molecular flexibility index (Phi) is 7.45. The second-order valence-corrected chi connectivity index (χ2v) is 7.20. The van der Waals surface area contributed by atoms with Crippen LogP contribution in [0.2, 0.25) is 0 Å². The van der Waals surface area contributed by atoms with Crippen molar-refractivity contribution in [3.63, 3.8) is 0 Å². The van der Waals surface area contributed by atoms with Gasteiger partial charge in [0.05, 0.1) is 25.2 Å². The third-order valence-corrected chi connectivity index (χ3v) is 4.93. The molecular formula is C23H28N2O3. The molecule has 0 amide bonds. The topological polar surface area (TPSA) is 71.4 Å². The molecule has 0 bridgehead atoms. The molecule has 0 aliphatic heterocycles. The predicted molar refractivity (Wildman–Crippen MR) is 110 cm³/mol. The number of ether oxygens (including phenoxy) is 2. The van der Waals surface area contributed by atoms with E-state index >= 15 is 0 Å². The molecule has 2 aromatic rings. The normalized spacial score (nSPS) is 13.1. The average Bonchev–Trinajstić information content (AvgIpc) is 2.72. The van der Waals surface area contributed by atoms with Crippen LogP contribution >= 0.6 is 0 Å². The standard InChI is InChI=1S/C23H28N2O3/c1-5-28-22(26)23(2,3)21(17-9-7-6-8-10-17)15-19(16-24)25-18-11-13-20(27-4)14-12-18/h6-14,19,21,25H,5,15H2,1-4H3. The fourth-order valence-corrected chi connectivity index (χ4v) is 3.26. The highest BCUT2D eigenvalue weighted by molar-refractivity contribution is 5.77. The summed E-state index contributed by atoms with van der Waals surface area (Å²) in [6.07, 6.45) is 0.471. The lowest BCUT2D eigenvalue weighted by molar-refractivity contribution is -0.154. The molecule has 0 aliphatic rings. The van der Waals surface area contributed by atoms with Gasteiger partial charge in [-0.25, -0.2) is 0 Å². The van der Waals surface area contributed by atoms with Crippen LogP contribution in [0.1, 0.15) is 38.7 Å². The Morgan fingerprint density at radius 3 is 2.32 bits per heavy atom. The van der Waals surface area contributed by atoms with E-state index in [2.05, 4.69) is 11.4 Å². The number of nitrogens with one attached hydrogen (secondary N) is 1. The molecule has 2 aromatic carbocycles. The summed E-state index contributed by atoms with van der Waals surface area (Å²) in [7, 11) is 1.61. The van der Waals surface area contributed by atoms with Crippen molar-refractivity contribution in [2.45, 2.75) is 39.2 Å². The Bertz CT molecular complexity index is 795. The zero-order chi connectivity index (χ0) is 20.6. The van der Waals surface area contributed by atoms with Crippen LogP contribution in [-0.4, -0.2) is 25.7 Å². The van der Waals surface area contributed by atoms with E-state index in [0.717, 1.165) is 17.0 Å². The molecule has 0 saturated heterocycles. The van der Waals surface area contributed by atoms with Gasteiger partial charge in [0, 0.05) is 11.6 Å². The summed E-state index contributed by atoms with van der Waals surface area (Å²) in [6, 6.07) is 19.1. The van der Waals surface area contributed by atoms with Crippen molar-refractivity contribution in [2.75, 3.05) is 19.0 Å². The van der Waals surface area contributed by atoms with Crippen molar-refractivity contribution in [1.82, 2.24) is 0 Å². The second-order valence-electron chi connectivity index (χ2n) is 7.20. The van der Waals surface area contributed by atoms with Gasteiger partial charge in [-0.15, -0.1) is 0 Å². The monoisotopic (exact) mass is 380 g/mol. The summed E-state index contributed by atoms with van der Waals surface area (Å²) >= 11 is 0. The number of carbonyl (C=O) groups is 1. The molecule has 28 heavy (non-hydrogen) atoms. The largest absolute Gasteiger partial charge is 0.497 e. The maximum absolute atomic E-state index is 12.6. The van der Waals surface area contributed by atoms with Crippen molar-refractivity contribution in [3.8, 4) is 11.8 Å². The van der Waals surface area contributed by atoms with E-state index in [9.17, 15) is 10.1 Å². The summed E-state index contributed by atoms with van der Waals surface area (Å²) in [5, 5.41) is 13.0. The van der Waals surface area contributed by atoms with Crippen LogP contribution in [0.5, 0.6) is 5.75 Å². The van der Waals surface area contributed by atoms with Crippen molar-refractivity contribution in [3.05, 3.63) is 60.2 Å². The zero-order valence-corrected chi connectivity index (χ0v) is 16.9. The third kappa shape index (κ3) is 5.26. The average molecular weight is 380 g/mol. The summed E-state index contributed by atoms with van der Waals surface area (Å²) in [5.74, 6) is 0.317. The van der Waals surface area contributed by atoms with Gasteiger partial charge in [0.1, 0.15) is 11.8 Å². The number of benzene rings is 2. The van der Waals surface area contributed by atoms with E-state index in [-0.39, 0.29) is 11.9 Å². The fourth-order valence-electron chi connectivity index (χ4n) is 3.26. The van der Waals surface area contributed by atoms with Crippen LogP contribution in [-0.2, 0) is 9.53 Å². The van der Waals surface area contributed by atoms with Crippen LogP contribution in [0.3, 0.4) is 0 Å². The number of carbonyl (C=O) groups excluding carboxylic acids is 1. The molecule has 0 heterocycles. The summed E-state index contributed by atoms with van der Waals surface area (Å²) in [4.78, 5) is 12.6. The highest BCUT2D eigenvalue weighted by Crippen LogP contribution is 2.40. The minimum absolute atomic E-state index is 0.178. The van der Waals surface area contributed by atoms with E-state index in [4.69, 9.17) is 9.47 Å². The van der Waals surface area contributed by atoms with Crippen molar-refractivity contribution < 1.29 is 14.3 Å². The second kappa shape index (κ2) is 9.80. The highest BCUT2D eigenvalue weighted by atomic mass is 16.5. The first kappa shape index (κ1) is 21.3. The number of rotatable bonds is 9. The van der Waals surface area contributed by atoms with Crippen LogP contribution in [0, 0.1) is 16.7 Å². The van der Waals surface area contributed by atoms with E-state index < -0.39 is 11.5 Å². The van der Waals surface area contributed by atoms with E-state index in [1.165, 1.54) is 0 Å². The number of hydrogen-bond donors (Lipinski definition) is 1. The smallest absolute Gasteiger partial charge is 0.312 e. The first-order chi connectivity index (χ1) is 13.4. The van der Waals surface area contributed by atoms with Crippen LogP contribution in [0.25, 0.3) is 0 Å². The Hall–Kier alpha value is -3.00. The maximum Gasteiger partial charge on any atom is 0.312 e. The molecule has 0 saturated carbocycles. The van der Waals surface area contributed by atoms with E-state index in [0.29, 0.717) is 13.0 Å². The third-order valence-electron chi connectivity index (χ3n) is 4.93. The quantitative estimate of drug-likeness (QED) is 0.635. The van der Waals surface area contributed by atoms with Gasteiger partial charge in [0.2, 0.25) is 0 Å². The van der Waals surface area contributed by atoms with Gasteiger partial charge in [-0.3, -0.25) is 4.79 Å². The predicted octanol–water partition coefficient (Wildman–Crippen LogP) is 4.76. The first-order valence-electron chi connectivity index (χ1n) is 9.44. The van der Waals surface area contributed by atoms with Crippen LogP contribution in [0.4, 0.5) is 5.69 Å². The fraction of sp³-hybridized carbons (Fsp3) is 0.391. The number of hydrogen-bond acceptors (Lipinski definition) is 5. The lowest BCUT2D eigenvalue weighted by Gasteiger charge is -2.34. The Balaban J connectivity index is 2.26. The van der Waals surface area contributed by atoms with Gasteiger partial charge in [0.15, 0.2) is 0 Å². The molecule has 5 heteroatoms. The number of methoxy groups -OCH3 is 1. The zero-order valence-electron chi connectivity index (χ0n) is 16.9. The summed E-state index contributed by atoms with van der Waals surface area (Å²) in [6.45, 7) is 5.89. The summed E-state index contributed by atoms with van der Waals surface area (Å²) < 4.78 is 10.5. The molecule has 2 unspecified atom stereocenters. The van der Waals surface area contributed by atoms with Crippen LogP contribution in [0.15, 0.2) is 54.6 Å². The maximum atomic E-state index is 12.6. The van der Waals surface area contributed by atoms with Gasteiger partial charge >= 0.3 is 5.97 Å². The minimum atomic E-state index is -0.770. The summed E-state index contributed by atoms with van der Waals surface area (Å²) in [5.41, 5.74) is 1.07. The van der Waals surface area contributed by atoms with Gasteiger partial charge in [-0.05, 0) is 57.0 Å². The lowest BCUT2D eigenvalue weighted by Crippen LogP contribution is -2.36. The van der Waals surface area contributed by atoms with Gasteiger partial charge in [0.25, 0.3) is 0 Å². The molecular weight excluding hydrogens is 352 g/mol. The van der Waals surface area contributed by atoms with Crippen molar-refractivity contribution >= 4 is 11.7 Å². The molecule has 0 aliphatic carbocycles. The Morgan fingerprint density at radius 2 is 1.79 bits per heavy atom. The molecule has 2 rings (SSSR count). The molecule has 5 nitrogen and oxygen atoms in total.